The third-order valence-electron chi connectivity index (χ3n) is 4.78. The predicted octanol–water partition coefficient (Wildman–Crippen LogP) is 1.42. The molecule has 0 spiro atoms. The van der Waals surface area contributed by atoms with Crippen LogP contribution in [0.1, 0.15) is 33.1 Å². The van der Waals surface area contributed by atoms with Crippen LogP contribution in [0.3, 0.4) is 0 Å². The molecule has 0 bridgehead atoms. The van der Waals surface area contributed by atoms with Crippen LogP contribution in [0, 0.1) is 5.92 Å². The molecule has 2 aliphatic rings. The van der Waals surface area contributed by atoms with Crippen LogP contribution in [-0.4, -0.2) is 74.9 Å². The highest BCUT2D eigenvalue weighted by molar-refractivity contribution is 4.85. The average molecular weight is 283 g/mol. The Morgan fingerprint density at radius 3 is 2.95 bits per heavy atom. The van der Waals surface area contributed by atoms with Crippen LogP contribution in [0.25, 0.3) is 0 Å². The van der Waals surface area contributed by atoms with Crippen molar-refractivity contribution in [1.29, 1.82) is 0 Å². The van der Waals surface area contributed by atoms with Gasteiger partial charge in [-0.1, -0.05) is 6.92 Å². The molecule has 4 nitrogen and oxygen atoms in total. The van der Waals surface area contributed by atoms with E-state index in [1.54, 1.807) is 0 Å². The molecule has 0 aromatic rings. The van der Waals surface area contributed by atoms with Crippen molar-refractivity contribution in [2.45, 2.75) is 45.2 Å². The van der Waals surface area contributed by atoms with E-state index in [0.29, 0.717) is 18.0 Å². The Hall–Kier alpha value is -0.160. The van der Waals surface area contributed by atoms with E-state index in [9.17, 15) is 0 Å². The minimum atomic E-state index is 0.650. The number of rotatable bonds is 5. The second kappa shape index (κ2) is 8.32. The molecule has 2 rings (SSSR count). The van der Waals surface area contributed by atoms with Gasteiger partial charge in [-0.15, -0.1) is 0 Å². The second-order valence-corrected chi connectivity index (χ2v) is 6.64. The molecule has 3 atom stereocenters. The van der Waals surface area contributed by atoms with Crippen LogP contribution >= 0.6 is 0 Å². The van der Waals surface area contributed by atoms with E-state index in [2.05, 4.69) is 36.0 Å². The van der Waals surface area contributed by atoms with Gasteiger partial charge in [0.1, 0.15) is 0 Å². The molecule has 0 amide bonds. The summed E-state index contributed by atoms with van der Waals surface area (Å²) in [6, 6.07) is 1.31. The summed E-state index contributed by atoms with van der Waals surface area (Å²) < 4.78 is 5.74. The summed E-state index contributed by atoms with van der Waals surface area (Å²) in [5, 5.41) is 3.73. The largest absolute Gasteiger partial charge is 0.381 e. The van der Waals surface area contributed by atoms with Crippen LogP contribution in [0.2, 0.25) is 0 Å². The van der Waals surface area contributed by atoms with Crippen molar-refractivity contribution in [2.24, 2.45) is 5.92 Å². The fraction of sp³-hybridized carbons (Fsp3) is 1.00. The summed E-state index contributed by atoms with van der Waals surface area (Å²) >= 11 is 0. The van der Waals surface area contributed by atoms with Gasteiger partial charge in [0.25, 0.3) is 0 Å². The standard InChI is InChI=1S/C16H33N3O/c1-4-7-17-16-6-10-20-13-15(16)12-19-9-5-8-18(3)11-14(19)2/h14-17H,4-13H2,1-3H3. The van der Waals surface area contributed by atoms with Crippen LogP contribution in [0.15, 0.2) is 0 Å². The third-order valence-corrected chi connectivity index (χ3v) is 4.78. The maximum absolute atomic E-state index is 5.74. The molecule has 0 aromatic carbocycles. The molecule has 0 saturated carbocycles. The highest BCUT2D eigenvalue weighted by Gasteiger charge is 2.29. The van der Waals surface area contributed by atoms with Crippen molar-refractivity contribution in [3.05, 3.63) is 0 Å². The Balaban J connectivity index is 1.88. The molecule has 20 heavy (non-hydrogen) atoms. The Morgan fingerprint density at radius 2 is 2.15 bits per heavy atom. The normalized spacial score (nSPS) is 34.0. The van der Waals surface area contributed by atoms with Crippen molar-refractivity contribution in [1.82, 2.24) is 15.1 Å². The van der Waals surface area contributed by atoms with E-state index in [-0.39, 0.29) is 0 Å². The number of hydrogen-bond donors (Lipinski definition) is 1. The van der Waals surface area contributed by atoms with E-state index in [1.807, 2.05) is 0 Å². The highest BCUT2D eigenvalue weighted by Crippen LogP contribution is 2.19. The van der Waals surface area contributed by atoms with Crippen molar-refractivity contribution < 1.29 is 4.74 Å². The zero-order valence-electron chi connectivity index (χ0n) is 13.6. The van der Waals surface area contributed by atoms with Crippen molar-refractivity contribution >= 4 is 0 Å². The monoisotopic (exact) mass is 283 g/mol. The average Bonchev–Trinajstić information content (AvgIpc) is 2.59. The van der Waals surface area contributed by atoms with E-state index in [4.69, 9.17) is 4.74 Å². The lowest BCUT2D eigenvalue weighted by atomic mass is 9.94. The van der Waals surface area contributed by atoms with Gasteiger partial charge in [-0.3, -0.25) is 4.90 Å². The molecular weight excluding hydrogens is 250 g/mol. The Morgan fingerprint density at radius 1 is 1.30 bits per heavy atom. The number of hydrogen-bond acceptors (Lipinski definition) is 4. The lowest BCUT2D eigenvalue weighted by molar-refractivity contribution is 0.0116. The van der Waals surface area contributed by atoms with E-state index >= 15 is 0 Å². The van der Waals surface area contributed by atoms with Gasteiger partial charge in [0.15, 0.2) is 0 Å². The quantitative estimate of drug-likeness (QED) is 0.826. The fourth-order valence-electron chi connectivity index (χ4n) is 3.57. The lowest BCUT2D eigenvalue weighted by Crippen LogP contribution is -2.50. The summed E-state index contributed by atoms with van der Waals surface area (Å²) in [5.41, 5.74) is 0. The molecule has 4 heteroatoms. The fourth-order valence-corrected chi connectivity index (χ4v) is 3.57. The zero-order valence-corrected chi connectivity index (χ0v) is 13.6. The topological polar surface area (TPSA) is 27.7 Å². The number of likely N-dealkylation sites (N-methyl/N-ethyl adjacent to an activating group) is 1. The smallest absolute Gasteiger partial charge is 0.0521 e. The summed E-state index contributed by atoms with van der Waals surface area (Å²) in [6.07, 6.45) is 3.68. The van der Waals surface area contributed by atoms with Gasteiger partial charge < -0.3 is 15.0 Å². The second-order valence-electron chi connectivity index (χ2n) is 6.64. The Kier molecular flexibility index (Phi) is 6.75. The van der Waals surface area contributed by atoms with E-state index in [0.717, 1.165) is 19.8 Å². The molecule has 2 saturated heterocycles. The first kappa shape index (κ1) is 16.2. The van der Waals surface area contributed by atoms with Crippen LogP contribution in [-0.2, 0) is 4.74 Å². The molecule has 0 aliphatic carbocycles. The molecule has 0 radical (unpaired) electrons. The SMILES string of the molecule is CCCNC1CCOCC1CN1CCCN(C)CC1C. The predicted molar refractivity (Wildman–Crippen MR) is 84.2 cm³/mol. The number of nitrogens with zero attached hydrogens (tertiary/aromatic N) is 2. The molecule has 118 valence electrons. The van der Waals surface area contributed by atoms with Crippen LogP contribution in [0.4, 0.5) is 0 Å². The van der Waals surface area contributed by atoms with Crippen molar-refractivity contribution in [2.75, 3.05) is 53.0 Å². The van der Waals surface area contributed by atoms with Gasteiger partial charge in [-0.2, -0.15) is 0 Å². The van der Waals surface area contributed by atoms with Gasteiger partial charge in [0, 0.05) is 37.7 Å². The minimum absolute atomic E-state index is 0.650. The molecule has 2 heterocycles. The van der Waals surface area contributed by atoms with Crippen molar-refractivity contribution in [3.8, 4) is 0 Å². The Bertz CT molecular complexity index is 274. The van der Waals surface area contributed by atoms with Crippen LogP contribution in [0.5, 0.6) is 0 Å². The highest BCUT2D eigenvalue weighted by atomic mass is 16.5. The van der Waals surface area contributed by atoms with Gasteiger partial charge in [0.05, 0.1) is 6.61 Å². The molecule has 2 aliphatic heterocycles. The summed E-state index contributed by atoms with van der Waals surface area (Å²) in [4.78, 5) is 5.15. The maximum Gasteiger partial charge on any atom is 0.0521 e. The third kappa shape index (κ3) is 4.69. The Labute approximate surface area is 124 Å². The molecule has 1 N–H and O–H groups in total. The molecule has 0 aromatic heterocycles. The molecule has 2 fully saturated rings. The van der Waals surface area contributed by atoms with E-state index in [1.165, 1.54) is 45.4 Å². The molecular formula is C16H33N3O. The number of ether oxygens (including phenoxy) is 1. The van der Waals surface area contributed by atoms with Gasteiger partial charge in [-0.25, -0.2) is 0 Å². The van der Waals surface area contributed by atoms with Gasteiger partial charge >= 0.3 is 0 Å². The minimum Gasteiger partial charge on any atom is -0.381 e. The molecule has 3 unspecified atom stereocenters. The first-order valence-corrected chi connectivity index (χ1v) is 8.44. The van der Waals surface area contributed by atoms with Crippen LogP contribution < -0.4 is 5.32 Å². The van der Waals surface area contributed by atoms with Crippen molar-refractivity contribution in [3.63, 3.8) is 0 Å². The summed E-state index contributed by atoms with van der Waals surface area (Å²) in [7, 11) is 2.25. The summed E-state index contributed by atoms with van der Waals surface area (Å²) in [6.45, 7) is 12.5. The van der Waals surface area contributed by atoms with Gasteiger partial charge in [-0.05, 0) is 52.9 Å². The summed E-state index contributed by atoms with van der Waals surface area (Å²) in [5.74, 6) is 0.654. The first-order chi connectivity index (χ1) is 9.70. The zero-order chi connectivity index (χ0) is 14.4. The lowest BCUT2D eigenvalue weighted by Gasteiger charge is -2.37. The maximum atomic E-state index is 5.74. The van der Waals surface area contributed by atoms with E-state index < -0.39 is 0 Å². The number of nitrogens with one attached hydrogen (secondary N) is 1. The van der Waals surface area contributed by atoms with Gasteiger partial charge in [0.2, 0.25) is 0 Å². The first-order valence-electron chi connectivity index (χ1n) is 8.44.